The molecule has 1 amide bonds. The minimum absolute atomic E-state index is 0.370. The first-order valence-electron chi connectivity index (χ1n) is 8.07. The highest BCUT2D eigenvalue weighted by Crippen LogP contribution is 2.36. The number of aliphatic carboxylic acids is 1. The number of nitrogens with zero attached hydrogens (tertiary/aromatic N) is 1. The molecule has 0 aliphatic carbocycles. The predicted octanol–water partition coefficient (Wildman–Crippen LogP) is 4.09. The van der Waals surface area contributed by atoms with Crippen LogP contribution in [-0.2, 0) is 16.0 Å². The molecule has 1 saturated heterocycles. The van der Waals surface area contributed by atoms with Gasteiger partial charge in [-0.3, -0.25) is 4.79 Å². The smallest absolute Gasteiger partial charge is 0.410 e. The van der Waals surface area contributed by atoms with Crippen LogP contribution in [0.25, 0.3) is 0 Å². The summed E-state index contributed by atoms with van der Waals surface area (Å²) < 4.78 is 6.34. The molecule has 0 bridgehead atoms. The molecule has 1 fully saturated rings. The highest BCUT2D eigenvalue weighted by molar-refractivity contribution is 9.10. The van der Waals surface area contributed by atoms with E-state index in [1.54, 1.807) is 4.90 Å². The number of amides is 1. The average Bonchev–Trinajstić information content (AvgIpc) is 2.48. The Morgan fingerprint density at radius 3 is 2.21 bits per heavy atom. The number of carboxylic acids is 1. The third-order valence-electron chi connectivity index (χ3n) is 4.28. The molecule has 0 spiro atoms. The van der Waals surface area contributed by atoms with Gasteiger partial charge in [-0.05, 0) is 57.7 Å². The zero-order chi connectivity index (χ0) is 18.0. The maximum Gasteiger partial charge on any atom is 0.410 e. The molecule has 2 rings (SSSR count). The van der Waals surface area contributed by atoms with Crippen molar-refractivity contribution in [3.63, 3.8) is 0 Å². The van der Waals surface area contributed by atoms with E-state index >= 15 is 0 Å². The second-order valence-electron chi connectivity index (χ2n) is 7.36. The van der Waals surface area contributed by atoms with Crippen molar-refractivity contribution in [2.45, 2.75) is 45.6 Å². The lowest BCUT2D eigenvalue weighted by Gasteiger charge is -2.39. The van der Waals surface area contributed by atoms with Gasteiger partial charge in [-0.25, -0.2) is 4.79 Å². The highest BCUT2D eigenvalue weighted by Gasteiger charge is 2.43. The summed E-state index contributed by atoms with van der Waals surface area (Å²) >= 11 is 3.39. The summed E-state index contributed by atoms with van der Waals surface area (Å²) in [7, 11) is 0. The molecule has 1 aliphatic heterocycles. The fourth-order valence-corrected chi connectivity index (χ4v) is 3.17. The molecular weight excluding hydrogens is 374 g/mol. The maximum absolute atomic E-state index is 12.1. The van der Waals surface area contributed by atoms with Crippen LogP contribution >= 0.6 is 15.9 Å². The van der Waals surface area contributed by atoms with Crippen LogP contribution in [0.4, 0.5) is 4.79 Å². The molecule has 1 heterocycles. The van der Waals surface area contributed by atoms with Crippen LogP contribution in [0.15, 0.2) is 28.7 Å². The maximum atomic E-state index is 12.1. The third kappa shape index (κ3) is 4.72. The number of hydrogen-bond donors (Lipinski definition) is 1. The van der Waals surface area contributed by atoms with Crippen LogP contribution in [0, 0.1) is 5.41 Å². The summed E-state index contributed by atoms with van der Waals surface area (Å²) in [5.41, 5.74) is -0.381. The Morgan fingerprint density at radius 1 is 1.21 bits per heavy atom. The molecule has 1 aliphatic rings. The third-order valence-corrected chi connectivity index (χ3v) is 4.81. The van der Waals surface area contributed by atoms with E-state index in [1.165, 1.54) is 0 Å². The average molecular weight is 398 g/mol. The Morgan fingerprint density at radius 2 is 1.75 bits per heavy atom. The van der Waals surface area contributed by atoms with Gasteiger partial charge < -0.3 is 14.7 Å². The monoisotopic (exact) mass is 397 g/mol. The molecule has 1 aromatic rings. The molecule has 24 heavy (non-hydrogen) atoms. The lowest BCUT2D eigenvalue weighted by atomic mass is 9.74. The minimum atomic E-state index is -0.827. The van der Waals surface area contributed by atoms with Crippen molar-refractivity contribution >= 4 is 28.0 Å². The molecule has 0 aromatic heterocycles. The molecule has 5 nitrogen and oxygen atoms in total. The number of carboxylic acid groups (broad SMARTS) is 1. The van der Waals surface area contributed by atoms with Crippen molar-refractivity contribution in [1.29, 1.82) is 0 Å². The normalized spacial score (nSPS) is 17.4. The summed E-state index contributed by atoms with van der Waals surface area (Å²) in [5.74, 6) is -0.797. The van der Waals surface area contributed by atoms with Crippen LogP contribution in [-0.4, -0.2) is 40.8 Å². The summed E-state index contributed by atoms with van der Waals surface area (Å²) in [4.78, 5) is 25.7. The lowest BCUT2D eigenvalue weighted by molar-refractivity contribution is -0.152. The second kappa shape index (κ2) is 7.13. The minimum Gasteiger partial charge on any atom is -0.481 e. The van der Waals surface area contributed by atoms with Crippen molar-refractivity contribution < 1.29 is 19.4 Å². The van der Waals surface area contributed by atoms with E-state index in [0.29, 0.717) is 32.4 Å². The molecule has 0 saturated carbocycles. The van der Waals surface area contributed by atoms with E-state index in [0.717, 1.165) is 10.0 Å². The molecule has 1 N–H and O–H groups in total. The molecule has 1 aromatic carbocycles. The highest BCUT2D eigenvalue weighted by atomic mass is 79.9. The Hall–Kier alpha value is -1.56. The molecule has 0 unspecified atom stereocenters. The fraction of sp³-hybridized carbons (Fsp3) is 0.556. The standard InChI is InChI=1S/C18H24BrNO4/c1-17(2,3)24-16(23)20-10-8-18(9-11-20,15(21)22)12-13-4-6-14(19)7-5-13/h4-7H,8-12H2,1-3H3,(H,21,22). The molecule has 0 atom stereocenters. The first-order chi connectivity index (χ1) is 11.1. The van der Waals surface area contributed by atoms with Crippen molar-refractivity contribution in [3.05, 3.63) is 34.3 Å². The van der Waals surface area contributed by atoms with E-state index in [2.05, 4.69) is 15.9 Å². The van der Waals surface area contributed by atoms with Crippen molar-refractivity contribution in [2.24, 2.45) is 5.41 Å². The van der Waals surface area contributed by atoms with Gasteiger partial charge in [0.05, 0.1) is 5.41 Å². The Bertz CT molecular complexity index is 598. The Balaban J connectivity index is 2.05. The number of piperidine rings is 1. The molecule has 0 radical (unpaired) electrons. The first-order valence-corrected chi connectivity index (χ1v) is 8.86. The van der Waals surface area contributed by atoms with E-state index < -0.39 is 17.0 Å². The van der Waals surface area contributed by atoms with E-state index in [4.69, 9.17) is 4.74 Å². The van der Waals surface area contributed by atoms with Crippen LogP contribution in [0.1, 0.15) is 39.2 Å². The van der Waals surface area contributed by atoms with Crippen molar-refractivity contribution in [1.82, 2.24) is 4.90 Å². The SMILES string of the molecule is CC(C)(C)OC(=O)N1CCC(Cc2ccc(Br)cc2)(C(=O)O)CC1. The summed E-state index contributed by atoms with van der Waals surface area (Å²) in [5, 5.41) is 9.77. The number of likely N-dealkylation sites (tertiary alicyclic amines) is 1. The number of carbonyl (C=O) groups excluding carboxylic acids is 1. The topological polar surface area (TPSA) is 66.8 Å². The first kappa shape index (κ1) is 18.8. The fourth-order valence-electron chi connectivity index (χ4n) is 2.90. The van der Waals surface area contributed by atoms with E-state index in [1.807, 2.05) is 45.0 Å². The zero-order valence-corrected chi connectivity index (χ0v) is 15.9. The Kier molecular flexibility index (Phi) is 5.58. The van der Waals surface area contributed by atoms with E-state index in [9.17, 15) is 14.7 Å². The summed E-state index contributed by atoms with van der Waals surface area (Å²) in [6.45, 7) is 6.27. The number of benzene rings is 1. The van der Waals surface area contributed by atoms with Gasteiger partial charge >= 0.3 is 12.1 Å². The predicted molar refractivity (Wildman–Crippen MR) is 95.0 cm³/mol. The van der Waals surface area contributed by atoms with Crippen LogP contribution in [0.2, 0.25) is 0 Å². The quantitative estimate of drug-likeness (QED) is 0.833. The summed E-state index contributed by atoms with van der Waals surface area (Å²) in [6, 6.07) is 7.71. The van der Waals surface area contributed by atoms with Crippen LogP contribution in [0.5, 0.6) is 0 Å². The van der Waals surface area contributed by atoms with Gasteiger partial charge in [-0.1, -0.05) is 28.1 Å². The number of halogens is 1. The van der Waals surface area contributed by atoms with Gasteiger partial charge in [-0.15, -0.1) is 0 Å². The molecule has 132 valence electrons. The van der Waals surface area contributed by atoms with Crippen molar-refractivity contribution in [3.8, 4) is 0 Å². The van der Waals surface area contributed by atoms with Gasteiger partial charge in [0.25, 0.3) is 0 Å². The zero-order valence-electron chi connectivity index (χ0n) is 14.3. The van der Waals surface area contributed by atoms with Gasteiger partial charge in [0.1, 0.15) is 5.60 Å². The summed E-state index contributed by atoms with van der Waals surface area (Å²) in [6.07, 6.45) is 0.956. The molecular formula is C18H24BrNO4. The number of ether oxygens (including phenoxy) is 1. The number of hydrogen-bond acceptors (Lipinski definition) is 3. The number of rotatable bonds is 3. The number of carbonyl (C=O) groups is 2. The van der Waals surface area contributed by atoms with Gasteiger partial charge in [0.2, 0.25) is 0 Å². The Labute approximate surface area is 151 Å². The van der Waals surface area contributed by atoms with Crippen LogP contribution in [0.3, 0.4) is 0 Å². The largest absolute Gasteiger partial charge is 0.481 e. The second-order valence-corrected chi connectivity index (χ2v) is 8.27. The van der Waals surface area contributed by atoms with Gasteiger partial charge in [0, 0.05) is 17.6 Å². The molecule has 6 heteroatoms. The van der Waals surface area contributed by atoms with Gasteiger partial charge in [-0.2, -0.15) is 0 Å². The van der Waals surface area contributed by atoms with Crippen LogP contribution < -0.4 is 0 Å². The van der Waals surface area contributed by atoms with Crippen molar-refractivity contribution in [2.75, 3.05) is 13.1 Å². The van der Waals surface area contributed by atoms with E-state index in [-0.39, 0.29) is 6.09 Å². The lowest BCUT2D eigenvalue weighted by Crippen LogP contribution is -2.48. The van der Waals surface area contributed by atoms with Gasteiger partial charge in [0.15, 0.2) is 0 Å².